The summed E-state index contributed by atoms with van der Waals surface area (Å²) in [6, 6.07) is 12.6. The van der Waals surface area contributed by atoms with Crippen LogP contribution in [0.3, 0.4) is 0 Å². The third kappa shape index (κ3) is 4.20. The van der Waals surface area contributed by atoms with E-state index in [1.165, 1.54) is 11.8 Å². The Labute approximate surface area is 175 Å². The molecule has 2 heterocycles. The van der Waals surface area contributed by atoms with E-state index in [-0.39, 0.29) is 0 Å². The minimum atomic E-state index is 0.356. The molecule has 0 aliphatic carbocycles. The summed E-state index contributed by atoms with van der Waals surface area (Å²) >= 11 is 7.45. The lowest BCUT2D eigenvalue weighted by molar-refractivity contribution is 0.355. The van der Waals surface area contributed by atoms with Gasteiger partial charge in [0.25, 0.3) is 5.22 Å². The Hall–Kier alpha value is -3.04. The van der Waals surface area contributed by atoms with Gasteiger partial charge in [-0.2, -0.15) is 0 Å². The van der Waals surface area contributed by atoms with E-state index in [1.807, 2.05) is 24.3 Å². The average molecular weight is 431 g/mol. The fourth-order valence-electron chi connectivity index (χ4n) is 2.53. The molecule has 0 saturated heterocycles. The number of thioether (sulfide) groups is 1. The van der Waals surface area contributed by atoms with E-state index < -0.39 is 0 Å². The summed E-state index contributed by atoms with van der Waals surface area (Å²) < 4.78 is 21.9. The zero-order chi connectivity index (χ0) is 20.2. The zero-order valence-electron chi connectivity index (χ0n) is 15.5. The van der Waals surface area contributed by atoms with Gasteiger partial charge in [0.2, 0.25) is 17.7 Å². The second-order valence-corrected chi connectivity index (χ2v) is 7.05. The van der Waals surface area contributed by atoms with Crippen molar-refractivity contribution in [2.75, 3.05) is 14.2 Å². The SMILES string of the molecule is COc1ccc(-c2nnc(CSc3nnc(-c4ccccc4Cl)o3)o2)cc1OC. The maximum Gasteiger partial charge on any atom is 0.277 e. The molecule has 29 heavy (non-hydrogen) atoms. The zero-order valence-corrected chi connectivity index (χ0v) is 17.0. The molecule has 0 radical (unpaired) electrons. The highest BCUT2D eigenvalue weighted by molar-refractivity contribution is 7.98. The molecule has 0 atom stereocenters. The van der Waals surface area contributed by atoms with Crippen molar-refractivity contribution in [2.45, 2.75) is 11.0 Å². The van der Waals surface area contributed by atoms with Crippen molar-refractivity contribution in [3.8, 4) is 34.4 Å². The van der Waals surface area contributed by atoms with Gasteiger partial charge in [0, 0.05) is 5.56 Å². The van der Waals surface area contributed by atoms with E-state index in [2.05, 4.69) is 20.4 Å². The van der Waals surface area contributed by atoms with Crippen molar-refractivity contribution in [2.24, 2.45) is 0 Å². The van der Waals surface area contributed by atoms with Crippen molar-refractivity contribution in [1.82, 2.24) is 20.4 Å². The van der Waals surface area contributed by atoms with Crippen LogP contribution in [0, 0.1) is 0 Å². The van der Waals surface area contributed by atoms with E-state index in [9.17, 15) is 0 Å². The van der Waals surface area contributed by atoms with Gasteiger partial charge in [0.05, 0.1) is 30.6 Å². The Balaban J connectivity index is 1.45. The van der Waals surface area contributed by atoms with Crippen LogP contribution < -0.4 is 9.47 Å². The predicted octanol–water partition coefficient (Wildman–Crippen LogP) is 4.75. The van der Waals surface area contributed by atoms with E-state index in [0.717, 1.165) is 5.56 Å². The molecule has 2 aromatic carbocycles. The van der Waals surface area contributed by atoms with Crippen molar-refractivity contribution in [1.29, 1.82) is 0 Å². The average Bonchev–Trinajstić information content (AvgIpc) is 3.42. The lowest BCUT2D eigenvalue weighted by atomic mass is 10.2. The summed E-state index contributed by atoms with van der Waals surface area (Å²) in [6.45, 7) is 0. The number of benzene rings is 2. The first kappa shape index (κ1) is 19.3. The fourth-order valence-corrected chi connectivity index (χ4v) is 3.35. The summed E-state index contributed by atoms with van der Waals surface area (Å²) in [5.41, 5.74) is 1.41. The van der Waals surface area contributed by atoms with E-state index in [0.29, 0.717) is 50.7 Å². The maximum atomic E-state index is 6.16. The fraction of sp³-hybridized carbons (Fsp3) is 0.158. The molecule has 4 rings (SSSR count). The third-order valence-corrected chi connectivity index (χ3v) is 5.06. The number of halogens is 1. The topological polar surface area (TPSA) is 96.3 Å². The number of methoxy groups -OCH3 is 2. The van der Waals surface area contributed by atoms with Crippen molar-refractivity contribution < 1.29 is 18.3 Å². The highest BCUT2D eigenvalue weighted by Crippen LogP contribution is 2.33. The number of nitrogens with zero attached hydrogens (tertiary/aromatic N) is 4. The summed E-state index contributed by atoms with van der Waals surface area (Å²) in [5.74, 6) is 2.75. The van der Waals surface area contributed by atoms with Crippen LogP contribution in [-0.2, 0) is 5.75 Å². The van der Waals surface area contributed by atoms with Crippen LogP contribution in [0.15, 0.2) is 56.5 Å². The van der Waals surface area contributed by atoms with E-state index >= 15 is 0 Å². The summed E-state index contributed by atoms with van der Waals surface area (Å²) in [6.07, 6.45) is 0. The van der Waals surface area contributed by atoms with Crippen LogP contribution in [0.5, 0.6) is 11.5 Å². The molecule has 0 N–H and O–H groups in total. The Bertz CT molecular complexity index is 1130. The standard InChI is InChI=1S/C19H15ClN4O4S/c1-25-14-8-7-11(9-15(14)26-2)17-22-21-16(27-17)10-29-19-24-23-18(28-19)12-5-3-4-6-13(12)20/h3-9H,10H2,1-2H3. The maximum absolute atomic E-state index is 6.16. The van der Waals surface area contributed by atoms with Gasteiger partial charge in [0.1, 0.15) is 0 Å². The van der Waals surface area contributed by atoms with Crippen LogP contribution >= 0.6 is 23.4 Å². The Morgan fingerprint density at radius 2 is 1.69 bits per heavy atom. The molecule has 8 nitrogen and oxygen atoms in total. The quantitative estimate of drug-likeness (QED) is 0.384. The Morgan fingerprint density at radius 1 is 0.897 bits per heavy atom. The predicted molar refractivity (Wildman–Crippen MR) is 107 cm³/mol. The first-order valence-electron chi connectivity index (χ1n) is 8.44. The number of aromatic nitrogens is 4. The van der Waals surface area contributed by atoms with Gasteiger partial charge in [-0.15, -0.1) is 20.4 Å². The van der Waals surface area contributed by atoms with Crippen LogP contribution in [0.1, 0.15) is 5.89 Å². The largest absolute Gasteiger partial charge is 0.493 e. The number of hydrogen-bond donors (Lipinski definition) is 0. The number of ether oxygens (including phenoxy) is 2. The highest BCUT2D eigenvalue weighted by Gasteiger charge is 2.15. The summed E-state index contributed by atoms with van der Waals surface area (Å²) in [4.78, 5) is 0. The van der Waals surface area contributed by atoms with Gasteiger partial charge in [-0.25, -0.2) is 0 Å². The monoisotopic (exact) mass is 430 g/mol. The van der Waals surface area contributed by atoms with Gasteiger partial charge in [-0.3, -0.25) is 0 Å². The van der Waals surface area contributed by atoms with Crippen LogP contribution in [0.2, 0.25) is 5.02 Å². The van der Waals surface area contributed by atoms with Crippen LogP contribution in [0.4, 0.5) is 0 Å². The molecule has 10 heteroatoms. The molecule has 148 valence electrons. The molecule has 0 amide bonds. The molecule has 2 aromatic heterocycles. The first-order valence-corrected chi connectivity index (χ1v) is 9.80. The second-order valence-electron chi connectivity index (χ2n) is 5.71. The minimum Gasteiger partial charge on any atom is -0.493 e. The van der Waals surface area contributed by atoms with Gasteiger partial charge in [0.15, 0.2) is 11.5 Å². The van der Waals surface area contributed by atoms with Gasteiger partial charge in [-0.1, -0.05) is 35.5 Å². The minimum absolute atomic E-state index is 0.356. The van der Waals surface area contributed by atoms with Gasteiger partial charge < -0.3 is 18.3 Å². The number of rotatable bonds is 7. The highest BCUT2D eigenvalue weighted by atomic mass is 35.5. The summed E-state index contributed by atoms with van der Waals surface area (Å²) in [5, 5.41) is 17.1. The van der Waals surface area contributed by atoms with Crippen molar-refractivity contribution >= 4 is 23.4 Å². The molecule has 4 aromatic rings. The third-order valence-electron chi connectivity index (χ3n) is 3.93. The molecule has 0 spiro atoms. The molecular weight excluding hydrogens is 416 g/mol. The molecule has 0 unspecified atom stereocenters. The smallest absolute Gasteiger partial charge is 0.277 e. The van der Waals surface area contributed by atoms with Crippen LogP contribution in [-0.4, -0.2) is 34.6 Å². The van der Waals surface area contributed by atoms with Gasteiger partial charge >= 0.3 is 0 Å². The molecule has 0 fully saturated rings. The van der Waals surface area contributed by atoms with Crippen LogP contribution in [0.25, 0.3) is 22.9 Å². The molecular formula is C19H15ClN4O4S. The number of hydrogen-bond acceptors (Lipinski definition) is 9. The molecule has 0 aliphatic heterocycles. The molecule has 0 saturated carbocycles. The second kappa shape index (κ2) is 8.54. The normalized spacial score (nSPS) is 10.9. The lowest BCUT2D eigenvalue weighted by Crippen LogP contribution is -1.90. The summed E-state index contributed by atoms with van der Waals surface area (Å²) in [7, 11) is 3.15. The van der Waals surface area contributed by atoms with E-state index in [1.54, 1.807) is 32.4 Å². The first-order chi connectivity index (χ1) is 14.2. The molecule has 0 aliphatic rings. The lowest BCUT2D eigenvalue weighted by Gasteiger charge is -2.07. The van der Waals surface area contributed by atoms with Crippen molar-refractivity contribution in [3.63, 3.8) is 0 Å². The van der Waals surface area contributed by atoms with Gasteiger partial charge in [-0.05, 0) is 30.3 Å². The molecule has 0 bridgehead atoms. The Morgan fingerprint density at radius 3 is 2.48 bits per heavy atom. The Kier molecular flexibility index (Phi) is 5.68. The van der Waals surface area contributed by atoms with Crippen molar-refractivity contribution in [3.05, 3.63) is 53.4 Å². The van der Waals surface area contributed by atoms with E-state index in [4.69, 9.17) is 29.9 Å².